The number of halogens is 2. The van der Waals surface area contributed by atoms with Crippen molar-refractivity contribution in [3.63, 3.8) is 0 Å². The number of carbonyl (C=O) groups is 2. The number of nitrogens with zero attached hydrogens (tertiary/aromatic N) is 2. The molecule has 35 heavy (non-hydrogen) atoms. The van der Waals surface area contributed by atoms with Gasteiger partial charge in [0.05, 0.1) is 5.56 Å². The Bertz CT molecular complexity index is 1390. The first-order valence-corrected chi connectivity index (χ1v) is 11.1. The molecule has 0 fully saturated rings. The van der Waals surface area contributed by atoms with Gasteiger partial charge < -0.3 is 5.11 Å². The standard InChI is InChI=1S/C14H12FNO2.C14H10FNO/c15-13-4-2-1-3-11(13)6-5-10-7-8-16-9-12(10)14(17)18;15-13-3-1-2-11-10(13)5-4-9-6-7-16-8-12(9)14(11)17/h1-4,7-9H,5-6H2,(H,17,18);1-3,6-8H,4-5H2. The number of ketones is 1. The molecule has 5 rings (SSSR count). The normalized spacial score (nSPS) is 12.0. The second kappa shape index (κ2) is 10.8. The minimum absolute atomic E-state index is 0.125. The molecule has 0 unspecified atom stereocenters. The predicted octanol–water partition coefficient (Wildman–Crippen LogP) is 5.25. The van der Waals surface area contributed by atoms with Gasteiger partial charge in [0.2, 0.25) is 0 Å². The lowest BCUT2D eigenvalue weighted by Crippen LogP contribution is -2.05. The number of carboxylic acids is 1. The number of fused-ring (bicyclic) bond motifs is 2. The number of aromatic nitrogens is 2. The minimum atomic E-state index is -1.01. The lowest BCUT2D eigenvalue weighted by atomic mass is 10.00. The van der Waals surface area contributed by atoms with E-state index in [4.69, 9.17) is 5.11 Å². The summed E-state index contributed by atoms with van der Waals surface area (Å²) in [5.41, 5.74) is 3.96. The molecule has 2 aromatic heterocycles. The minimum Gasteiger partial charge on any atom is -0.478 e. The van der Waals surface area contributed by atoms with Gasteiger partial charge in [0.25, 0.3) is 0 Å². The molecule has 0 bridgehead atoms. The quantitative estimate of drug-likeness (QED) is 0.439. The van der Waals surface area contributed by atoms with Crippen molar-refractivity contribution in [2.75, 3.05) is 0 Å². The molecule has 2 heterocycles. The van der Waals surface area contributed by atoms with Crippen molar-refractivity contribution in [2.45, 2.75) is 25.7 Å². The van der Waals surface area contributed by atoms with Crippen molar-refractivity contribution in [3.05, 3.63) is 130 Å². The number of aromatic carboxylic acids is 1. The number of carbonyl (C=O) groups excluding carboxylic acids is 1. The third-order valence-electron chi connectivity index (χ3n) is 5.93. The second-order valence-corrected chi connectivity index (χ2v) is 8.06. The molecule has 0 saturated heterocycles. The SMILES string of the molecule is O=C(O)c1cnccc1CCc1ccccc1F.O=C1c2cnccc2CCc2c(F)cccc21. The molecule has 1 N–H and O–H groups in total. The van der Waals surface area contributed by atoms with Crippen LogP contribution >= 0.6 is 0 Å². The van der Waals surface area contributed by atoms with Crippen LogP contribution in [0.15, 0.2) is 79.4 Å². The van der Waals surface area contributed by atoms with Crippen LogP contribution < -0.4 is 0 Å². The average molecular weight is 472 g/mol. The number of hydrogen-bond donors (Lipinski definition) is 1. The first kappa shape index (κ1) is 23.9. The van der Waals surface area contributed by atoms with Crippen LogP contribution in [0.1, 0.15) is 48.5 Å². The summed E-state index contributed by atoms with van der Waals surface area (Å²) in [6, 6.07) is 14.7. The van der Waals surface area contributed by atoms with E-state index < -0.39 is 5.97 Å². The van der Waals surface area contributed by atoms with Crippen LogP contribution in [-0.2, 0) is 25.7 Å². The van der Waals surface area contributed by atoms with Gasteiger partial charge in [0.15, 0.2) is 5.78 Å². The fourth-order valence-corrected chi connectivity index (χ4v) is 4.08. The van der Waals surface area contributed by atoms with Crippen molar-refractivity contribution in [1.29, 1.82) is 0 Å². The molecule has 0 aliphatic heterocycles. The topological polar surface area (TPSA) is 80.1 Å². The molecule has 7 heteroatoms. The molecule has 4 aromatic rings. The summed E-state index contributed by atoms with van der Waals surface area (Å²) in [4.78, 5) is 31.0. The van der Waals surface area contributed by atoms with E-state index >= 15 is 0 Å². The van der Waals surface area contributed by atoms with E-state index in [1.165, 1.54) is 18.3 Å². The number of pyridine rings is 2. The molecule has 2 aromatic carbocycles. The van der Waals surface area contributed by atoms with E-state index in [1.54, 1.807) is 55.0 Å². The van der Waals surface area contributed by atoms with Gasteiger partial charge in [0, 0.05) is 35.9 Å². The zero-order valence-corrected chi connectivity index (χ0v) is 18.7. The summed E-state index contributed by atoms with van der Waals surface area (Å²) >= 11 is 0. The van der Waals surface area contributed by atoms with Gasteiger partial charge in [-0.15, -0.1) is 0 Å². The highest BCUT2D eigenvalue weighted by molar-refractivity contribution is 6.11. The van der Waals surface area contributed by atoms with Gasteiger partial charge in [-0.05, 0) is 72.2 Å². The lowest BCUT2D eigenvalue weighted by Gasteiger charge is -2.06. The van der Waals surface area contributed by atoms with E-state index in [2.05, 4.69) is 9.97 Å². The van der Waals surface area contributed by atoms with Gasteiger partial charge in [-0.3, -0.25) is 14.8 Å². The zero-order valence-electron chi connectivity index (χ0n) is 18.7. The van der Waals surface area contributed by atoms with E-state index in [-0.39, 0.29) is 23.0 Å². The Labute approximate surface area is 201 Å². The van der Waals surface area contributed by atoms with Gasteiger partial charge in [-0.25, -0.2) is 13.6 Å². The largest absolute Gasteiger partial charge is 0.478 e. The van der Waals surface area contributed by atoms with Crippen LogP contribution in [0.25, 0.3) is 0 Å². The molecular formula is C28H22F2N2O3. The monoisotopic (exact) mass is 472 g/mol. The molecule has 0 radical (unpaired) electrons. The molecule has 176 valence electrons. The molecule has 0 atom stereocenters. The van der Waals surface area contributed by atoms with Crippen LogP contribution in [0.4, 0.5) is 8.78 Å². The number of carboxylic acid groups (broad SMARTS) is 1. The van der Waals surface area contributed by atoms with Gasteiger partial charge in [0.1, 0.15) is 11.6 Å². The Balaban J connectivity index is 0.000000165. The Hall–Kier alpha value is -4.26. The first-order valence-electron chi connectivity index (χ1n) is 11.1. The highest BCUT2D eigenvalue weighted by atomic mass is 19.1. The maximum Gasteiger partial charge on any atom is 0.337 e. The highest BCUT2D eigenvalue weighted by Gasteiger charge is 2.22. The van der Waals surface area contributed by atoms with E-state index in [0.29, 0.717) is 53.5 Å². The molecule has 0 spiro atoms. The first-order chi connectivity index (χ1) is 17.0. The highest BCUT2D eigenvalue weighted by Crippen LogP contribution is 2.25. The fraction of sp³-hybridized carbons (Fsp3) is 0.143. The van der Waals surface area contributed by atoms with Crippen molar-refractivity contribution in [2.24, 2.45) is 0 Å². The van der Waals surface area contributed by atoms with Crippen LogP contribution in [-0.4, -0.2) is 26.8 Å². The average Bonchev–Trinajstić information content (AvgIpc) is 3.02. The maximum absolute atomic E-state index is 13.7. The number of rotatable bonds is 4. The van der Waals surface area contributed by atoms with Crippen LogP contribution in [0.5, 0.6) is 0 Å². The van der Waals surface area contributed by atoms with Crippen molar-refractivity contribution < 1.29 is 23.5 Å². The van der Waals surface area contributed by atoms with Gasteiger partial charge in [-0.2, -0.15) is 0 Å². The lowest BCUT2D eigenvalue weighted by molar-refractivity contribution is 0.0695. The Morgan fingerprint density at radius 1 is 0.800 bits per heavy atom. The number of benzene rings is 2. The maximum atomic E-state index is 13.7. The third kappa shape index (κ3) is 5.46. The Kier molecular flexibility index (Phi) is 7.35. The Morgan fingerprint density at radius 2 is 1.51 bits per heavy atom. The van der Waals surface area contributed by atoms with E-state index in [1.807, 2.05) is 6.07 Å². The molecule has 5 nitrogen and oxygen atoms in total. The summed E-state index contributed by atoms with van der Waals surface area (Å²) in [6.07, 6.45) is 8.28. The van der Waals surface area contributed by atoms with Crippen LogP contribution in [0.2, 0.25) is 0 Å². The smallest absolute Gasteiger partial charge is 0.337 e. The van der Waals surface area contributed by atoms with Crippen molar-refractivity contribution >= 4 is 11.8 Å². The molecule has 1 aliphatic carbocycles. The fourth-order valence-electron chi connectivity index (χ4n) is 4.08. The zero-order chi connectivity index (χ0) is 24.8. The molecular weight excluding hydrogens is 450 g/mol. The van der Waals surface area contributed by atoms with Gasteiger partial charge in [-0.1, -0.05) is 30.3 Å². The van der Waals surface area contributed by atoms with Gasteiger partial charge >= 0.3 is 5.97 Å². The van der Waals surface area contributed by atoms with Crippen LogP contribution in [0, 0.1) is 11.6 Å². The summed E-state index contributed by atoms with van der Waals surface area (Å²) in [5, 5.41) is 9.00. The van der Waals surface area contributed by atoms with Crippen molar-refractivity contribution in [1.82, 2.24) is 9.97 Å². The second-order valence-electron chi connectivity index (χ2n) is 8.06. The summed E-state index contributed by atoms with van der Waals surface area (Å²) < 4.78 is 27.1. The number of aryl methyl sites for hydroxylation is 3. The molecule has 1 aliphatic rings. The summed E-state index contributed by atoms with van der Waals surface area (Å²) in [6.45, 7) is 0. The molecule has 0 saturated carbocycles. The Morgan fingerprint density at radius 3 is 2.31 bits per heavy atom. The third-order valence-corrected chi connectivity index (χ3v) is 5.93. The van der Waals surface area contributed by atoms with E-state index in [0.717, 1.165) is 5.56 Å². The van der Waals surface area contributed by atoms with Crippen LogP contribution in [0.3, 0.4) is 0 Å². The summed E-state index contributed by atoms with van der Waals surface area (Å²) in [5.74, 6) is -1.69. The van der Waals surface area contributed by atoms with E-state index in [9.17, 15) is 18.4 Å². The number of hydrogen-bond acceptors (Lipinski definition) is 4. The molecule has 0 amide bonds. The van der Waals surface area contributed by atoms with Crippen molar-refractivity contribution in [3.8, 4) is 0 Å². The summed E-state index contributed by atoms with van der Waals surface area (Å²) in [7, 11) is 0. The predicted molar refractivity (Wildman–Crippen MR) is 126 cm³/mol.